The standard InChI is InChI=1S/C14H24N2O/c1-4-9-15-12-13-7-5-6-8-14(13)16(2)10-11-17-3/h5-8,15H,4,9-12H2,1-3H3. The number of hydrogen-bond acceptors (Lipinski definition) is 3. The maximum atomic E-state index is 5.12. The molecule has 1 rings (SSSR count). The summed E-state index contributed by atoms with van der Waals surface area (Å²) in [5.74, 6) is 0. The van der Waals surface area contributed by atoms with E-state index in [-0.39, 0.29) is 0 Å². The third-order valence-corrected chi connectivity index (χ3v) is 2.78. The topological polar surface area (TPSA) is 24.5 Å². The Labute approximate surface area is 105 Å². The van der Waals surface area contributed by atoms with Crippen molar-refractivity contribution in [3.05, 3.63) is 29.8 Å². The van der Waals surface area contributed by atoms with E-state index in [2.05, 4.69) is 48.5 Å². The van der Waals surface area contributed by atoms with Crippen LogP contribution in [-0.4, -0.2) is 33.9 Å². The Morgan fingerprint density at radius 1 is 1.29 bits per heavy atom. The summed E-state index contributed by atoms with van der Waals surface area (Å²) in [5.41, 5.74) is 2.63. The van der Waals surface area contributed by atoms with Gasteiger partial charge in [-0.05, 0) is 24.6 Å². The Hall–Kier alpha value is -1.06. The molecule has 0 radical (unpaired) electrons. The van der Waals surface area contributed by atoms with Gasteiger partial charge in [0.15, 0.2) is 0 Å². The van der Waals surface area contributed by atoms with Crippen molar-refractivity contribution in [2.45, 2.75) is 19.9 Å². The summed E-state index contributed by atoms with van der Waals surface area (Å²) < 4.78 is 5.12. The first-order valence-corrected chi connectivity index (χ1v) is 6.28. The number of benzene rings is 1. The minimum absolute atomic E-state index is 0.757. The summed E-state index contributed by atoms with van der Waals surface area (Å²) in [6, 6.07) is 8.53. The average Bonchev–Trinajstić information content (AvgIpc) is 2.37. The highest BCUT2D eigenvalue weighted by atomic mass is 16.5. The van der Waals surface area contributed by atoms with Crippen LogP contribution < -0.4 is 10.2 Å². The summed E-state index contributed by atoms with van der Waals surface area (Å²) in [5, 5.41) is 3.44. The molecule has 0 spiro atoms. The van der Waals surface area contributed by atoms with Gasteiger partial charge in [-0.15, -0.1) is 0 Å². The number of anilines is 1. The van der Waals surface area contributed by atoms with E-state index in [0.29, 0.717) is 0 Å². The molecule has 0 amide bonds. The molecule has 1 aromatic rings. The molecule has 0 aliphatic carbocycles. The first-order chi connectivity index (χ1) is 8.29. The molecule has 0 fully saturated rings. The van der Waals surface area contributed by atoms with Gasteiger partial charge in [-0.25, -0.2) is 0 Å². The number of ether oxygens (including phenoxy) is 1. The van der Waals surface area contributed by atoms with Crippen LogP contribution >= 0.6 is 0 Å². The SMILES string of the molecule is CCCNCc1ccccc1N(C)CCOC. The zero-order chi connectivity index (χ0) is 12.5. The van der Waals surface area contributed by atoms with Gasteiger partial charge in [-0.1, -0.05) is 25.1 Å². The molecule has 0 heterocycles. The van der Waals surface area contributed by atoms with Crippen molar-refractivity contribution in [2.24, 2.45) is 0 Å². The number of nitrogens with one attached hydrogen (secondary N) is 1. The lowest BCUT2D eigenvalue weighted by molar-refractivity contribution is 0.206. The molecule has 0 unspecified atom stereocenters. The number of methoxy groups -OCH3 is 1. The first-order valence-electron chi connectivity index (χ1n) is 6.28. The van der Waals surface area contributed by atoms with E-state index < -0.39 is 0 Å². The lowest BCUT2D eigenvalue weighted by Gasteiger charge is -2.22. The van der Waals surface area contributed by atoms with E-state index >= 15 is 0 Å². The van der Waals surface area contributed by atoms with Gasteiger partial charge in [-0.2, -0.15) is 0 Å². The van der Waals surface area contributed by atoms with Crippen LogP contribution in [0.3, 0.4) is 0 Å². The van der Waals surface area contributed by atoms with Gasteiger partial charge in [0.1, 0.15) is 0 Å². The van der Waals surface area contributed by atoms with E-state index in [1.807, 2.05) is 0 Å². The summed E-state index contributed by atoms with van der Waals surface area (Å²) in [7, 11) is 3.85. The maximum absolute atomic E-state index is 5.12. The molecule has 0 atom stereocenters. The lowest BCUT2D eigenvalue weighted by Crippen LogP contribution is -2.24. The van der Waals surface area contributed by atoms with Gasteiger partial charge in [0.05, 0.1) is 6.61 Å². The van der Waals surface area contributed by atoms with E-state index in [4.69, 9.17) is 4.74 Å². The summed E-state index contributed by atoms with van der Waals surface area (Å²) >= 11 is 0. The molecule has 17 heavy (non-hydrogen) atoms. The molecule has 0 aliphatic heterocycles. The van der Waals surface area contributed by atoms with Gasteiger partial charge in [-0.3, -0.25) is 0 Å². The molecular weight excluding hydrogens is 212 g/mol. The predicted octanol–water partition coefficient (Wildman–Crippen LogP) is 2.27. The molecule has 1 N–H and O–H groups in total. The summed E-state index contributed by atoms with van der Waals surface area (Å²) in [6.07, 6.45) is 1.17. The first kappa shape index (κ1) is 14.0. The monoisotopic (exact) mass is 236 g/mol. The molecule has 96 valence electrons. The molecule has 3 nitrogen and oxygen atoms in total. The zero-order valence-corrected chi connectivity index (χ0v) is 11.2. The smallest absolute Gasteiger partial charge is 0.0637 e. The highest BCUT2D eigenvalue weighted by molar-refractivity contribution is 5.52. The van der Waals surface area contributed by atoms with Crippen LogP contribution in [-0.2, 0) is 11.3 Å². The van der Waals surface area contributed by atoms with E-state index in [1.165, 1.54) is 17.7 Å². The van der Waals surface area contributed by atoms with Crippen LogP contribution in [0.2, 0.25) is 0 Å². The normalized spacial score (nSPS) is 10.5. The van der Waals surface area contributed by atoms with Crippen LogP contribution in [0.4, 0.5) is 5.69 Å². The van der Waals surface area contributed by atoms with Crippen LogP contribution in [0.25, 0.3) is 0 Å². The third-order valence-electron chi connectivity index (χ3n) is 2.78. The Bertz CT molecular complexity index is 315. The summed E-state index contributed by atoms with van der Waals surface area (Å²) in [6.45, 7) is 5.86. The van der Waals surface area contributed by atoms with Crippen LogP contribution in [0, 0.1) is 0 Å². The van der Waals surface area contributed by atoms with E-state index in [0.717, 1.165) is 26.2 Å². The van der Waals surface area contributed by atoms with Crippen molar-refractivity contribution in [1.82, 2.24) is 5.32 Å². The van der Waals surface area contributed by atoms with Gasteiger partial charge in [0.2, 0.25) is 0 Å². The predicted molar refractivity (Wildman–Crippen MR) is 73.6 cm³/mol. The van der Waals surface area contributed by atoms with Crippen molar-refractivity contribution in [1.29, 1.82) is 0 Å². The molecule has 0 bridgehead atoms. The van der Waals surface area contributed by atoms with Gasteiger partial charge in [0, 0.05) is 32.9 Å². The highest BCUT2D eigenvalue weighted by Gasteiger charge is 2.05. The maximum Gasteiger partial charge on any atom is 0.0637 e. The number of para-hydroxylation sites is 1. The number of hydrogen-bond donors (Lipinski definition) is 1. The van der Waals surface area contributed by atoms with Crippen molar-refractivity contribution >= 4 is 5.69 Å². The minimum Gasteiger partial charge on any atom is -0.383 e. The number of rotatable bonds is 8. The van der Waals surface area contributed by atoms with Crippen molar-refractivity contribution in [3.63, 3.8) is 0 Å². The fraction of sp³-hybridized carbons (Fsp3) is 0.571. The number of likely N-dealkylation sites (N-methyl/N-ethyl adjacent to an activating group) is 1. The molecule has 3 heteroatoms. The second-order valence-corrected chi connectivity index (χ2v) is 4.22. The van der Waals surface area contributed by atoms with Gasteiger partial charge < -0.3 is 15.0 Å². The Morgan fingerprint density at radius 2 is 2.06 bits per heavy atom. The van der Waals surface area contributed by atoms with Crippen LogP contribution in [0.1, 0.15) is 18.9 Å². The third kappa shape index (κ3) is 4.75. The molecule has 1 aromatic carbocycles. The fourth-order valence-electron chi connectivity index (χ4n) is 1.78. The Kier molecular flexibility index (Phi) is 6.67. The van der Waals surface area contributed by atoms with Crippen molar-refractivity contribution in [2.75, 3.05) is 38.8 Å². The van der Waals surface area contributed by atoms with E-state index in [1.54, 1.807) is 7.11 Å². The highest BCUT2D eigenvalue weighted by Crippen LogP contribution is 2.18. The molecule has 0 saturated heterocycles. The van der Waals surface area contributed by atoms with Crippen LogP contribution in [0.15, 0.2) is 24.3 Å². The van der Waals surface area contributed by atoms with Gasteiger partial charge in [0.25, 0.3) is 0 Å². The fourth-order valence-corrected chi connectivity index (χ4v) is 1.78. The lowest BCUT2D eigenvalue weighted by atomic mass is 10.1. The zero-order valence-electron chi connectivity index (χ0n) is 11.2. The Balaban J connectivity index is 2.62. The average molecular weight is 236 g/mol. The number of nitrogens with zero attached hydrogens (tertiary/aromatic N) is 1. The van der Waals surface area contributed by atoms with Gasteiger partial charge >= 0.3 is 0 Å². The molecular formula is C14H24N2O. The van der Waals surface area contributed by atoms with Crippen molar-refractivity contribution < 1.29 is 4.74 Å². The van der Waals surface area contributed by atoms with Crippen LogP contribution in [0.5, 0.6) is 0 Å². The Morgan fingerprint density at radius 3 is 2.76 bits per heavy atom. The largest absolute Gasteiger partial charge is 0.383 e. The van der Waals surface area contributed by atoms with E-state index in [9.17, 15) is 0 Å². The van der Waals surface area contributed by atoms with Crippen molar-refractivity contribution in [3.8, 4) is 0 Å². The molecule has 0 aliphatic rings. The molecule has 0 aromatic heterocycles. The summed E-state index contributed by atoms with van der Waals surface area (Å²) in [4.78, 5) is 2.24. The molecule has 0 saturated carbocycles. The second kappa shape index (κ2) is 8.09. The quantitative estimate of drug-likeness (QED) is 0.701. The second-order valence-electron chi connectivity index (χ2n) is 4.22. The minimum atomic E-state index is 0.757.